The summed E-state index contributed by atoms with van der Waals surface area (Å²) in [6, 6.07) is 10.8. The standard InChI is InChI=1S/C18H16F3N3O3/c1-2-27-15-8-6-12(7-9-15)11-22-24-17(26)16(25)23-14-5-3-4-13(10-14)18(19,20)21/h3-11H,2H2,1H3,(H,23,25)(H,24,26)/b22-11+. The molecule has 2 aromatic carbocycles. The SMILES string of the molecule is CCOc1ccc(/C=N/NC(=O)C(=O)Nc2cccc(C(F)(F)F)c2)cc1. The number of nitrogens with zero attached hydrogens (tertiary/aromatic N) is 1. The molecule has 0 unspecified atom stereocenters. The van der Waals surface area contributed by atoms with E-state index >= 15 is 0 Å². The van der Waals surface area contributed by atoms with Crippen molar-refractivity contribution in [1.29, 1.82) is 0 Å². The number of rotatable bonds is 5. The molecule has 9 heteroatoms. The molecule has 0 aromatic heterocycles. The van der Waals surface area contributed by atoms with E-state index in [9.17, 15) is 22.8 Å². The van der Waals surface area contributed by atoms with Crippen molar-refractivity contribution in [2.24, 2.45) is 5.10 Å². The van der Waals surface area contributed by atoms with Gasteiger partial charge in [-0.2, -0.15) is 18.3 Å². The van der Waals surface area contributed by atoms with E-state index in [0.29, 0.717) is 17.9 Å². The fourth-order valence-electron chi connectivity index (χ4n) is 1.99. The average molecular weight is 379 g/mol. The highest BCUT2D eigenvalue weighted by Crippen LogP contribution is 2.30. The predicted molar refractivity (Wildman–Crippen MR) is 93.4 cm³/mol. The second-order valence-electron chi connectivity index (χ2n) is 5.23. The Bertz CT molecular complexity index is 834. The summed E-state index contributed by atoms with van der Waals surface area (Å²) in [5.74, 6) is -1.58. The lowest BCUT2D eigenvalue weighted by Crippen LogP contribution is -2.32. The summed E-state index contributed by atoms with van der Waals surface area (Å²) in [4.78, 5) is 23.4. The van der Waals surface area contributed by atoms with Crippen molar-refractivity contribution in [2.45, 2.75) is 13.1 Å². The number of hydrogen-bond donors (Lipinski definition) is 2. The van der Waals surface area contributed by atoms with Gasteiger partial charge in [-0.15, -0.1) is 0 Å². The molecule has 0 aliphatic carbocycles. The van der Waals surface area contributed by atoms with E-state index in [2.05, 4.69) is 10.4 Å². The summed E-state index contributed by atoms with van der Waals surface area (Å²) < 4.78 is 43.2. The normalized spacial score (nSPS) is 11.3. The number of hydrazone groups is 1. The van der Waals surface area contributed by atoms with Gasteiger partial charge in [0.15, 0.2) is 0 Å². The molecule has 0 saturated heterocycles. The molecule has 0 radical (unpaired) electrons. The summed E-state index contributed by atoms with van der Waals surface area (Å²) in [6.45, 7) is 2.39. The first kappa shape index (κ1) is 20.0. The van der Waals surface area contributed by atoms with Gasteiger partial charge in [0.05, 0.1) is 18.4 Å². The van der Waals surface area contributed by atoms with Gasteiger partial charge in [-0.25, -0.2) is 5.43 Å². The zero-order valence-corrected chi connectivity index (χ0v) is 14.2. The van der Waals surface area contributed by atoms with Crippen molar-refractivity contribution in [2.75, 3.05) is 11.9 Å². The van der Waals surface area contributed by atoms with Crippen molar-refractivity contribution in [1.82, 2.24) is 5.43 Å². The fraction of sp³-hybridized carbons (Fsp3) is 0.167. The Kier molecular flexibility index (Phi) is 6.53. The molecule has 0 heterocycles. The smallest absolute Gasteiger partial charge is 0.416 e. The lowest BCUT2D eigenvalue weighted by atomic mass is 10.2. The first-order valence-electron chi connectivity index (χ1n) is 7.84. The van der Waals surface area contributed by atoms with Crippen LogP contribution in [-0.2, 0) is 15.8 Å². The first-order valence-corrected chi connectivity index (χ1v) is 7.84. The summed E-state index contributed by atoms with van der Waals surface area (Å²) in [5, 5.41) is 5.71. The van der Waals surface area contributed by atoms with Gasteiger partial charge in [-0.3, -0.25) is 9.59 Å². The number of benzene rings is 2. The Hall–Kier alpha value is -3.36. The molecule has 0 atom stereocenters. The number of alkyl halides is 3. The molecular formula is C18H16F3N3O3. The van der Waals surface area contributed by atoms with Crippen LogP contribution in [0.3, 0.4) is 0 Å². The van der Waals surface area contributed by atoms with Gasteiger partial charge in [-0.1, -0.05) is 6.07 Å². The average Bonchev–Trinajstić information content (AvgIpc) is 2.63. The van der Waals surface area contributed by atoms with Gasteiger partial charge in [0.25, 0.3) is 0 Å². The fourth-order valence-corrected chi connectivity index (χ4v) is 1.99. The molecule has 0 aliphatic heterocycles. The molecule has 0 bridgehead atoms. The molecule has 2 rings (SSSR count). The second-order valence-corrected chi connectivity index (χ2v) is 5.23. The van der Waals surface area contributed by atoms with Crippen LogP contribution in [-0.4, -0.2) is 24.6 Å². The lowest BCUT2D eigenvalue weighted by molar-refractivity contribution is -0.137. The zero-order valence-electron chi connectivity index (χ0n) is 14.2. The Balaban J connectivity index is 1.91. The molecule has 142 valence electrons. The molecular weight excluding hydrogens is 363 g/mol. The Morgan fingerprint density at radius 2 is 1.81 bits per heavy atom. The summed E-state index contributed by atoms with van der Waals surface area (Å²) in [7, 11) is 0. The molecule has 2 N–H and O–H groups in total. The maximum atomic E-state index is 12.6. The van der Waals surface area contributed by atoms with Gasteiger partial charge in [0, 0.05) is 5.69 Å². The zero-order chi connectivity index (χ0) is 19.9. The molecule has 0 aliphatic rings. The molecule has 2 amide bonds. The van der Waals surface area contributed by atoms with E-state index in [1.807, 2.05) is 12.3 Å². The maximum Gasteiger partial charge on any atom is 0.416 e. The Morgan fingerprint density at radius 3 is 2.44 bits per heavy atom. The van der Waals surface area contributed by atoms with E-state index in [0.717, 1.165) is 18.2 Å². The quantitative estimate of drug-likeness (QED) is 0.476. The number of amides is 2. The van der Waals surface area contributed by atoms with Crippen LogP contribution in [0.2, 0.25) is 0 Å². The van der Waals surface area contributed by atoms with Crippen LogP contribution in [0.5, 0.6) is 5.75 Å². The van der Waals surface area contributed by atoms with Crippen molar-refractivity contribution in [3.05, 3.63) is 59.7 Å². The van der Waals surface area contributed by atoms with Crippen LogP contribution in [0.25, 0.3) is 0 Å². The molecule has 27 heavy (non-hydrogen) atoms. The van der Waals surface area contributed by atoms with Crippen LogP contribution in [0.15, 0.2) is 53.6 Å². The summed E-state index contributed by atoms with van der Waals surface area (Å²) in [6.07, 6.45) is -3.24. The molecule has 0 spiro atoms. The third-order valence-electron chi connectivity index (χ3n) is 3.22. The number of carbonyl (C=O) groups excluding carboxylic acids is 2. The minimum atomic E-state index is -4.55. The lowest BCUT2D eigenvalue weighted by Gasteiger charge is -2.09. The van der Waals surface area contributed by atoms with Crippen molar-refractivity contribution >= 4 is 23.7 Å². The van der Waals surface area contributed by atoms with Gasteiger partial charge < -0.3 is 10.1 Å². The summed E-state index contributed by atoms with van der Waals surface area (Å²) in [5.41, 5.74) is 1.56. The minimum absolute atomic E-state index is 0.152. The van der Waals surface area contributed by atoms with Crippen LogP contribution in [0.4, 0.5) is 18.9 Å². The summed E-state index contributed by atoms with van der Waals surface area (Å²) >= 11 is 0. The number of nitrogens with one attached hydrogen (secondary N) is 2. The van der Waals surface area contributed by atoms with Crippen molar-refractivity contribution < 1.29 is 27.5 Å². The number of carbonyl (C=O) groups is 2. The maximum absolute atomic E-state index is 12.6. The highest BCUT2D eigenvalue weighted by atomic mass is 19.4. The monoisotopic (exact) mass is 379 g/mol. The second kappa shape index (κ2) is 8.84. The third-order valence-corrected chi connectivity index (χ3v) is 3.22. The minimum Gasteiger partial charge on any atom is -0.494 e. The Morgan fingerprint density at radius 1 is 1.11 bits per heavy atom. The first-order chi connectivity index (χ1) is 12.8. The van der Waals surface area contributed by atoms with E-state index in [1.54, 1.807) is 24.3 Å². The van der Waals surface area contributed by atoms with Crippen LogP contribution in [0, 0.1) is 0 Å². The van der Waals surface area contributed by atoms with Crippen LogP contribution in [0.1, 0.15) is 18.1 Å². The highest BCUT2D eigenvalue weighted by molar-refractivity contribution is 6.39. The molecule has 2 aromatic rings. The van der Waals surface area contributed by atoms with E-state index < -0.39 is 23.6 Å². The molecule has 0 saturated carbocycles. The molecule has 0 fully saturated rings. The van der Waals surface area contributed by atoms with Gasteiger partial charge in [-0.05, 0) is 55.0 Å². The number of anilines is 1. The van der Waals surface area contributed by atoms with E-state index in [-0.39, 0.29) is 5.69 Å². The predicted octanol–water partition coefficient (Wildman–Crippen LogP) is 3.19. The molecule has 6 nitrogen and oxygen atoms in total. The van der Waals surface area contributed by atoms with Crippen LogP contribution >= 0.6 is 0 Å². The largest absolute Gasteiger partial charge is 0.494 e. The number of ether oxygens (including phenoxy) is 1. The topological polar surface area (TPSA) is 79.8 Å². The number of halogens is 3. The number of hydrogen-bond acceptors (Lipinski definition) is 4. The van der Waals surface area contributed by atoms with Crippen LogP contribution < -0.4 is 15.5 Å². The Labute approximate surface area is 153 Å². The van der Waals surface area contributed by atoms with Gasteiger partial charge in [0.2, 0.25) is 0 Å². The van der Waals surface area contributed by atoms with Gasteiger partial charge in [0.1, 0.15) is 5.75 Å². The van der Waals surface area contributed by atoms with E-state index in [4.69, 9.17) is 4.74 Å². The highest BCUT2D eigenvalue weighted by Gasteiger charge is 2.30. The van der Waals surface area contributed by atoms with Gasteiger partial charge >= 0.3 is 18.0 Å². The third kappa shape index (κ3) is 6.14. The van der Waals surface area contributed by atoms with Crippen molar-refractivity contribution in [3.63, 3.8) is 0 Å². The van der Waals surface area contributed by atoms with Crippen molar-refractivity contribution in [3.8, 4) is 5.75 Å². The van der Waals surface area contributed by atoms with E-state index in [1.165, 1.54) is 12.3 Å².